The second-order valence-electron chi connectivity index (χ2n) is 11.5. The second kappa shape index (κ2) is 8.02. The second-order valence-corrected chi connectivity index (χ2v) is 11.5. The van der Waals surface area contributed by atoms with Crippen molar-refractivity contribution in [2.75, 3.05) is 0 Å². The molecule has 3 fully saturated rings. The summed E-state index contributed by atoms with van der Waals surface area (Å²) in [6, 6.07) is 3.42. The molecule has 1 amide bonds. The molecule has 3 saturated carbocycles. The van der Waals surface area contributed by atoms with Gasteiger partial charge >= 0.3 is 0 Å². The third-order valence-electron chi connectivity index (χ3n) is 9.59. The van der Waals surface area contributed by atoms with Crippen molar-refractivity contribution in [2.24, 2.45) is 23.5 Å². The third-order valence-corrected chi connectivity index (χ3v) is 9.59. The molecule has 37 heavy (non-hydrogen) atoms. The Hall–Kier alpha value is -2.95. The van der Waals surface area contributed by atoms with Crippen molar-refractivity contribution < 1.29 is 44.4 Å². The number of nitrogens with two attached hydrogens (primary N) is 1. The first-order chi connectivity index (χ1) is 17.2. The Morgan fingerprint density at radius 1 is 1.03 bits per heavy atom. The van der Waals surface area contributed by atoms with Crippen LogP contribution in [0.3, 0.4) is 0 Å². The van der Waals surface area contributed by atoms with Crippen LogP contribution in [0.4, 0.5) is 0 Å². The van der Waals surface area contributed by atoms with Gasteiger partial charge in [-0.3, -0.25) is 24.0 Å². The van der Waals surface area contributed by atoms with Gasteiger partial charge in [0, 0.05) is 17.9 Å². The Bertz CT molecular complexity index is 1260. The number of carbonyl (C=O) groups is 5. The van der Waals surface area contributed by atoms with Crippen molar-refractivity contribution in [3.05, 3.63) is 28.8 Å². The molecule has 1 aromatic carbocycles. The number of rotatable bonds is 2. The number of fused-ring (bicyclic) bond motifs is 3. The van der Waals surface area contributed by atoms with E-state index in [-0.39, 0.29) is 16.7 Å². The maximum atomic E-state index is 13.9. The maximum absolute atomic E-state index is 13.9. The van der Waals surface area contributed by atoms with Crippen LogP contribution in [0.1, 0.15) is 79.8 Å². The molecule has 2 unspecified atom stereocenters. The predicted molar refractivity (Wildman–Crippen MR) is 126 cm³/mol. The Morgan fingerprint density at radius 2 is 1.65 bits per heavy atom. The Labute approximate surface area is 212 Å². The molecule has 4 aliphatic rings. The average Bonchev–Trinajstić information content (AvgIpc) is 2.82. The standard InChI is InChI=1S/C27H31NO9/c1-11-12-6-7-13(25(2)8-4-3-5-9-25)19(30)16(12)20(31)18-15(11)21(32)26(36)10-14(29)17(24(28)35)22(33)27(26,37)23(18)34/h6-7,11,15,17-18,21,30,32,36-37H,3-5,8-10H2,1-2H3,(H2,28,35)/t11-,15+,17?,18?,21-,26-,27+/m0/s1. The zero-order valence-electron chi connectivity index (χ0n) is 20.7. The average molecular weight is 514 g/mol. The third kappa shape index (κ3) is 3.06. The molecule has 7 atom stereocenters. The number of amides is 1. The highest BCUT2D eigenvalue weighted by Crippen LogP contribution is 2.56. The van der Waals surface area contributed by atoms with Gasteiger partial charge in [-0.15, -0.1) is 0 Å². The number of ketones is 4. The molecule has 0 spiro atoms. The van der Waals surface area contributed by atoms with E-state index in [1.165, 1.54) is 0 Å². The van der Waals surface area contributed by atoms with Gasteiger partial charge in [-0.25, -0.2) is 0 Å². The first-order valence-corrected chi connectivity index (χ1v) is 12.7. The zero-order valence-corrected chi connectivity index (χ0v) is 20.7. The van der Waals surface area contributed by atoms with E-state index in [9.17, 15) is 44.4 Å². The zero-order chi connectivity index (χ0) is 27.2. The van der Waals surface area contributed by atoms with Crippen molar-refractivity contribution in [1.82, 2.24) is 0 Å². The summed E-state index contributed by atoms with van der Waals surface area (Å²) in [6.07, 6.45) is 1.47. The number of aliphatic hydroxyl groups excluding tert-OH is 1. The van der Waals surface area contributed by atoms with Gasteiger partial charge in [0.25, 0.3) is 0 Å². The number of primary amides is 1. The molecule has 0 radical (unpaired) electrons. The Balaban J connectivity index is 1.67. The fraction of sp³-hybridized carbons (Fsp3) is 0.593. The lowest BCUT2D eigenvalue weighted by atomic mass is 9.48. The fourth-order valence-electron chi connectivity index (χ4n) is 7.46. The van der Waals surface area contributed by atoms with Crippen LogP contribution in [0.15, 0.2) is 12.1 Å². The highest BCUT2D eigenvalue weighted by Gasteiger charge is 2.76. The smallest absolute Gasteiger partial charge is 0.235 e. The monoisotopic (exact) mass is 513 g/mol. The van der Waals surface area contributed by atoms with Gasteiger partial charge < -0.3 is 26.2 Å². The van der Waals surface area contributed by atoms with Crippen LogP contribution >= 0.6 is 0 Å². The quantitative estimate of drug-likeness (QED) is 0.343. The van der Waals surface area contributed by atoms with Gasteiger partial charge in [-0.2, -0.15) is 0 Å². The number of aliphatic hydroxyl groups is 3. The van der Waals surface area contributed by atoms with Crippen LogP contribution in [0.2, 0.25) is 0 Å². The molecule has 5 rings (SSSR count). The van der Waals surface area contributed by atoms with E-state index in [4.69, 9.17) is 5.73 Å². The van der Waals surface area contributed by atoms with E-state index in [2.05, 4.69) is 0 Å². The van der Waals surface area contributed by atoms with E-state index in [1.54, 1.807) is 19.1 Å². The Kier molecular flexibility index (Phi) is 5.57. The maximum Gasteiger partial charge on any atom is 0.235 e. The molecule has 1 aromatic rings. The van der Waals surface area contributed by atoms with Crippen molar-refractivity contribution in [3.8, 4) is 5.75 Å². The predicted octanol–water partition coefficient (Wildman–Crippen LogP) is 0.195. The molecule has 0 saturated heterocycles. The Morgan fingerprint density at radius 3 is 2.24 bits per heavy atom. The largest absolute Gasteiger partial charge is 0.507 e. The summed E-state index contributed by atoms with van der Waals surface area (Å²) in [5.74, 6) is -12.8. The minimum Gasteiger partial charge on any atom is -0.507 e. The highest BCUT2D eigenvalue weighted by atomic mass is 16.4. The van der Waals surface area contributed by atoms with Crippen LogP contribution in [0.5, 0.6) is 5.75 Å². The van der Waals surface area contributed by atoms with Crippen molar-refractivity contribution >= 4 is 29.0 Å². The molecule has 0 heterocycles. The summed E-state index contributed by atoms with van der Waals surface area (Å²) in [5.41, 5.74) is -0.763. The van der Waals surface area contributed by atoms with Crippen LogP contribution in [0.25, 0.3) is 0 Å². The van der Waals surface area contributed by atoms with Gasteiger partial charge in [0.15, 0.2) is 29.1 Å². The van der Waals surface area contributed by atoms with E-state index >= 15 is 0 Å². The minimum absolute atomic E-state index is 0.113. The lowest BCUT2D eigenvalue weighted by molar-refractivity contribution is -0.239. The first-order valence-electron chi connectivity index (χ1n) is 12.7. The first kappa shape index (κ1) is 25.7. The molecule has 198 valence electrons. The van der Waals surface area contributed by atoms with Crippen LogP contribution in [-0.2, 0) is 24.6 Å². The number of carbonyl (C=O) groups excluding carboxylic acids is 5. The molecular weight excluding hydrogens is 482 g/mol. The van der Waals surface area contributed by atoms with Crippen molar-refractivity contribution in [1.29, 1.82) is 0 Å². The molecule has 0 aromatic heterocycles. The number of phenolic OH excluding ortho intramolecular Hbond substituents is 1. The van der Waals surface area contributed by atoms with Gasteiger partial charge in [-0.05, 0) is 29.7 Å². The van der Waals surface area contributed by atoms with Crippen LogP contribution in [0, 0.1) is 17.8 Å². The summed E-state index contributed by atoms with van der Waals surface area (Å²) in [6.45, 7) is 3.61. The van der Waals surface area contributed by atoms with E-state index in [0.717, 1.165) is 32.1 Å². The number of aromatic hydroxyl groups is 1. The molecule has 6 N–H and O–H groups in total. The molecule has 4 aliphatic carbocycles. The number of benzene rings is 1. The van der Waals surface area contributed by atoms with Gasteiger partial charge in [0.1, 0.15) is 11.4 Å². The fourth-order valence-corrected chi connectivity index (χ4v) is 7.46. The van der Waals surface area contributed by atoms with Crippen LogP contribution in [-0.4, -0.2) is 66.8 Å². The highest BCUT2D eigenvalue weighted by molar-refractivity contribution is 6.32. The van der Waals surface area contributed by atoms with Crippen LogP contribution < -0.4 is 5.73 Å². The summed E-state index contributed by atoms with van der Waals surface area (Å²) >= 11 is 0. The summed E-state index contributed by atoms with van der Waals surface area (Å²) in [7, 11) is 0. The molecule has 0 aliphatic heterocycles. The normalized spacial score (nSPS) is 39.0. The topological polar surface area (TPSA) is 192 Å². The SMILES string of the molecule is C[C@H]1c2ccc(C3(C)CCCCC3)c(O)c2C(=O)C2C(=O)[C@]3(O)C(=O)C(C(N)=O)C(=O)C[C@]3(O)[C@@H](O)[C@@H]21. The molecular formula is C27H31NO9. The number of hydrogen-bond donors (Lipinski definition) is 5. The van der Waals surface area contributed by atoms with E-state index in [0.29, 0.717) is 11.1 Å². The lowest BCUT2D eigenvalue weighted by Gasteiger charge is -2.57. The summed E-state index contributed by atoms with van der Waals surface area (Å²) < 4.78 is 0. The lowest BCUT2D eigenvalue weighted by Crippen LogP contribution is -2.81. The van der Waals surface area contributed by atoms with Gasteiger partial charge in [0.05, 0.1) is 17.6 Å². The minimum atomic E-state index is -3.41. The number of phenols is 1. The van der Waals surface area contributed by atoms with E-state index < -0.39 is 76.4 Å². The summed E-state index contributed by atoms with van der Waals surface area (Å²) in [5, 5.41) is 45.4. The van der Waals surface area contributed by atoms with Gasteiger partial charge in [-0.1, -0.05) is 45.2 Å². The van der Waals surface area contributed by atoms with Crippen molar-refractivity contribution in [3.63, 3.8) is 0 Å². The van der Waals surface area contributed by atoms with Crippen molar-refractivity contribution in [2.45, 2.75) is 81.0 Å². The molecule has 10 heteroatoms. The number of Topliss-reactive ketones (excluding diaryl/α,β-unsaturated/α-hetero) is 4. The molecule has 0 bridgehead atoms. The molecule has 10 nitrogen and oxygen atoms in total. The van der Waals surface area contributed by atoms with E-state index in [1.807, 2.05) is 6.92 Å². The van der Waals surface area contributed by atoms with Gasteiger partial charge in [0.2, 0.25) is 11.5 Å². The summed E-state index contributed by atoms with van der Waals surface area (Å²) in [4.78, 5) is 65.2. The number of hydrogen-bond acceptors (Lipinski definition) is 9.